The second kappa shape index (κ2) is 10.5. The lowest BCUT2D eigenvalue weighted by Crippen LogP contribution is -2.24. The molecule has 0 aliphatic rings. The number of carbonyl (C=O) groups is 1. The van der Waals surface area contributed by atoms with Gasteiger partial charge in [0.05, 0.1) is 11.6 Å². The van der Waals surface area contributed by atoms with Crippen LogP contribution in [0.25, 0.3) is 11.1 Å². The lowest BCUT2D eigenvalue weighted by Gasteiger charge is -2.28. The monoisotopic (exact) mass is 428 g/mol. The summed E-state index contributed by atoms with van der Waals surface area (Å²) in [5, 5.41) is 17.9. The van der Waals surface area contributed by atoms with Gasteiger partial charge in [0.1, 0.15) is 5.75 Å². The first-order valence-corrected chi connectivity index (χ1v) is 10.7. The molecule has 3 aromatic rings. The standard InChI is InChI=1S/C27H28N2O3/c1-4-14-29(17-22-10-13-26(19(2)15-22)32-18-27(30)31)25-7-5-6-24(20(25)3)23-11-8-21(16-28)9-12-23/h5-13,15H,4,14,17-18H2,1-3H3,(H,30,31). The van der Waals surface area contributed by atoms with E-state index in [1.165, 1.54) is 11.3 Å². The van der Waals surface area contributed by atoms with E-state index in [9.17, 15) is 4.79 Å². The summed E-state index contributed by atoms with van der Waals surface area (Å²) in [5.74, 6) is -0.391. The van der Waals surface area contributed by atoms with Crippen LogP contribution >= 0.6 is 0 Å². The second-order valence-electron chi connectivity index (χ2n) is 7.84. The lowest BCUT2D eigenvalue weighted by molar-refractivity contribution is -0.139. The van der Waals surface area contributed by atoms with Gasteiger partial charge in [0.2, 0.25) is 0 Å². The summed E-state index contributed by atoms with van der Waals surface area (Å²) in [5.41, 5.74) is 7.34. The Balaban J connectivity index is 1.88. The van der Waals surface area contributed by atoms with Gasteiger partial charge in [0.25, 0.3) is 0 Å². The van der Waals surface area contributed by atoms with Crippen molar-refractivity contribution < 1.29 is 14.6 Å². The van der Waals surface area contributed by atoms with E-state index >= 15 is 0 Å². The zero-order chi connectivity index (χ0) is 23.1. The summed E-state index contributed by atoms with van der Waals surface area (Å²) in [6.07, 6.45) is 1.01. The van der Waals surface area contributed by atoms with E-state index in [1.54, 1.807) is 0 Å². The molecule has 0 saturated carbocycles. The number of carboxylic acids is 1. The molecule has 0 spiro atoms. The molecule has 0 saturated heterocycles. The van der Waals surface area contributed by atoms with Gasteiger partial charge in [-0.2, -0.15) is 5.26 Å². The quantitative estimate of drug-likeness (QED) is 0.472. The Bertz CT molecular complexity index is 1130. The molecule has 0 bridgehead atoms. The average Bonchev–Trinajstić information content (AvgIpc) is 2.78. The second-order valence-corrected chi connectivity index (χ2v) is 7.84. The summed E-state index contributed by atoms with van der Waals surface area (Å²) in [6, 6.07) is 22.1. The molecule has 0 atom stereocenters. The van der Waals surface area contributed by atoms with Crippen LogP contribution in [0.4, 0.5) is 5.69 Å². The largest absolute Gasteiger partial charge is 0.482 e. The number of benzene rings is 3. The van der Waals surface area contributed by atoms with E-state index in [2.05, 4.69) is 49.1 Å². The van der Waals surface area contributed by atoms with Crippen molar-refractivity contribution in [3.05, 3.63) is 82.9 Å². The molecule has 0 fully saturated rings. The highest BCUT2D eigenvalue weighted by Crippen LogP contribution is 2.32. The number of rotatable bonds is 9. The molecule has 0 amide bonds. The summed E-state index contributed by atoms with van der Waals surface area (Å²) in [7, 11) is 0. The summed E-state index contributed by atoms with van der Waals surface area (Å²) < 4.78 is 5.36. The highest BCUT2D eigenvalue weighted by atomic mass is 16.5. The third-order valence-corrected chi connectivity index (χ3v) is 5.43. The van der Waals surface area contributed by atoms with Crippen LogP contribution < -0.4 is 9.64 Å². The third-order valence-electron chi connectivity index (χ3n) is 5.43. The number of ether oxygens (including phenoxy) is 1. The lowest BCUT2D eigenvalue weighted by atomic mass is 9.97. The normalized spacial score (nSPS) is 10.4. The maximum Gasteiger partial charge on any atom is 0.341 e. The van der Waals surface area contributed by atoms with Crippen LogP contribution in [0.3, 0.4) is 0 Å². The molecule has 0 heterocycles. The SMILES string of the molecule is CCCN(Cc1ccc(OCC(=O)O)c(C)c1)c1cccc(-c2ccc(C#N)cc2)c1C. The van der Waals surface area contributed by atoms with Crippen LogP contribution in [-0.4, -0.2) is 24.2 Å². The van der Waals surface area contributed by atoms with Crippen LogP contribution in [0.15, 0.2) is 60.7 Å². The molecular formula is C27H28N2O3. The topological polar surface area (TPSA) is 73.6 Å². The molecule has 5 heteroatoms. The molecule has 164 valence electrons. The van der Waals surface area contributed by atoms with Crippen molar-refractivity contribution in [3.8, 4) is 22.9 Å². The molecule has 0 radical (unpaired) electrons. The fraction of sp³-hybridized carbons (Fsp3) is 0.259. The Kier molecular flexibility index (Phi) is 7.51. The maximum atomic E-state index is 10.8. The number of hydrogen-bond donors (Lipinski definition) is 1. The Morgan fingerprint density at radius 3 is 2.47 bits per heavy atom. The minimum atomic E-state index is -0.986. The van der Waals surface area contributed by atoms with Crippen molar-refractivity contribution >= 4 is 11.7 Å². The number of nitriles is 1. The first-order chi connectivity index (χ1) is 15.4. The van der Waals surface area contributed by atoms with Gasteiger partial charge in [-0.25, -0.2) is 4.79 Å². The van der Waals surface area contributed by atoms with Crippen molar-refractivity contribution in [1.29, 1.82) is 5.26 Å². The van der Waals surface area contributed by atoms with E-state index in [0.29, 0.717) is 11.3 Å². The number of anilines is 1. The summed E-state index contributed by atoms with van der Waals surface area (Å²) >= 11 is 0. The van der Waals surface area contributed by atoms with Crippen molar-refractivity contribution in [2.24, 2.45) is 0 Å². The molecule has 32 heavy (non-hydrogen) atoms. The minimum Gasteiger partial charge on any atom is -0.482 e. The zero-order valence-electron chi connectivity index (χ0n) is 18.8. The van der Waals surface area contributed by atoms with Gasteiger partial charge in [0, 0.05) is 18.8 Å². The summed E-state index contributed by atoms with van der Waals surface area (Å²) in [4.78, 5) is 13.1. The van der Waals surface area contributed by atoms with Gasteiger partial charge in [-0.1, -0.05) is 43.3 Å². The van der Waals surface area contributed by atoms with Gasteiger partial charge in [-0.3, -0.25) is 0 Å². The van der Waals surface area contributed by atoms with Gasteiger partial charge < -0.3 is 14.7 Å². The maximum absolute atomic E-state index is 10.8. The molecule has 0 unspecified atom stereocenters. The van der Waals surface area contributed by atoms with Crippen molar-refractivity contribution in [1.82, 2.24) is 0 Å². The Labute approximate surface area is 189 Å². The zero-order valence-corrected chi connectivity index (χ0v) is 18.8. The molecular weight excluding hydrogens is 400 g/mol. The molecule has 5 nitrogen and oxygen atoms in total. The van der Waals surface area contributed by atoms with Crippen LogP contribution in [0.5, 0.6) is 5.75 Å². The minimum absolute atomic E-state index is 0.344. The molecule has 0 aliphatic heterocycles. The number of aryl methyl sites for hydroxylation is 1. The molecule has 3 rings (SSSR count). The fourth-order valence-corrected chi connectivity index (χ4v) is 3.89. The Morgan fingerprint density at radius 2 is 1.84 bits per heavy atom. The van der Waals surface area contributed by atoms with Crippen LogP contribution in [0.2, 0.25) is 0 Å². The number of hydrogen-bond acceptors (Lipinski definition) is 4. The van der Waals surface area contributed by atoms with E-state index in [1.807, 2.05) is 43.3 Å². The van der Waals surface area contributed by atoms with Gasteiger partial charge in [0.15, 0.2) is 6.61 Å². The first kappa shape index (κ1) is 22.9. The van der Waals surface area contributed by atoms with Crippen molar-refractivity contribution in [3.63, 3.8) is 0 Å². The van der Waals surface area contributed by atoms with Crippen molar-refractivity contribution in [2.75, 3.05) is 18.1 Å². The molecule has 3 aromatic carbocycles. The number of carboxylic acid groups (broad SMARTS) is 1. The van der Waals surface area contributed by atoms with Crippen LogP contribution in [0, 0.1) is 25.2 Å². The predicted octanol–water partition coefficient (Wildman–Crippen LogP) is 5.72. The molecule has 1 N–H and O–H groups in total. The van der Waals surface area contributed by atoms with E-state index in [4.69, 9.17) is 15.1 Å². The molecule has 0 aliphatic carbocycles. The van der Waals surface area contributed by atoms with Crippen LogP contribution in [0.1, 0.15) is 35.6 Å². The number of aliphatic carboxylic acids is 1. The highest BCUT2D eigenvalue weighted by molar-refractivity contribution is 5.74. The average molecular weight is 429 g/mol. The fourth-order valence-electron chi connectivity index (χ4n) is 3.89. The highest BCUT2D eigenvalue weighted by Gasteiger charge is 2.14. The Morgan fingerprint density at radius 1 is 1.09 bits per heavy atom. The van der Waals surface area contributed by atoms with E-state index in [-0.39, 0.29) is 6.61 Å². The van der Waals surface area contributed by atoms with E-state index < -0.39 is 5.97 Å². The molecule has 0 aromatic heterocycles. The summed E-state index contributed by atoms with van der Waals surface area (Å²) in [6.45, 7) is 7.55. The first-order valence-electron chi connectivity index (χ1n) is 10.7. The third kappa shape index (κ3) is 5.47. The van der Waals surface area contributed by atoms with Gasteiger partial charge in [-0.05, 0) is 72.4 Å². The van der Waals surface area contributed by atoms with Crippen molar-refractivity contribution in [2.45, 2.75) is 33.7 Å². The smallest absolute Gasteiger partial charge is 0.341 e. The van der Waals surface area contributed by atoms with Crippen LogP contribution in [-0.2, 0) is 11.3 Å². The van der Waals surface area contributed by atoms with Gasteiger partial charge >= 0.3 is 5.97 Å². The predicted molar refractivity (Wildman–Crippen MR) is 127 cm³/mol. The Hall–Kier alpha value is -3.78. The van der Waals surface area contributed by atoms with E-state index in [0.717, 1.165) is 41.8 Å². The van der Waals surface area contributed by atoms with Gasteiger partial charge in [-0.15, -0.1) is 0 Å². The number of nitrogens with zero attached hydrogens (tertiary/aromatic N) is 2.